The van der Waals surface area contributed by atoms with Crippen molar-refractivity contribution in [2.75, 3.05) is 0 Å². The van der Waals surface area contributed by atoms with Gasteiger partial charge in [0.05, 0.1) is 0 Å². The Kier molecular flexibility index (Phi) is 2.80. The summed E-state index contributed by atoms with van der Waals surface area (Å²) in [5.41, 5.74) is 0. The summed E-state index contributed by atoms with van der Waals surface area (Å²) < 4.78 is 0.950. The lowest BCUT2D eigenvalue weighted by Gasteiger charge is -2.30. The third-order valence-corrected chi connectivity index (χ3v) is 4.36. The van der Waals surface area contributed by atoms with Gasteiger partial charge in [0, 0.05) is 3.92 Å². The maximum absolute atomic E-state index is 2.60. The summed E-state index contributed by atoms with van der Waals surface area (Å²) in [6.45, 7) is 4.77. The van der Waals surface area contributed by atoms with Gasteiger partial charge in [0.2, 0.25) is 0 Å². The van der Waals surface area contributed by atoms with Crippen molar-refractivity contribution in [3.63, 3.8) is 0 Å². The highest BCUT2D eigenvalue weighted by molar-refractivity contribution is 14.1. The predicted molar refractivity (Wildman–Crippen MR) is 50.0 cm³/mol. The van der Waals surface area contributed by atoms with Crippen molar-refractivity contribution in [1.82, 2.24) is 0 Å². The van der Waals surface area contributed by atoms with Crippen LogP contribution in [0.25, 0.3) is 0 Å². The molecule has 0 nitrogen and oxygen atoms in total. The summed E-state index contributed by atoms with van der Waals surface area (Å²) in [6.07, 6.45) is 4.37. The van der Waals surface area contributed by atoms with Crippen LogP contribution in [0.1, 0.15) is 33.1 Å². The third kappa shape index (κ3) is 1.82. The largest absolute Gasteiger partial charge is 0.0823 e. The Morgan fingerprint density at radius 1 is 1.22 bits per heavy atom. The fraction of sp³-hybridized carbons (Fsp3) is 1.00. The predicted octanol–water partition coefficient (Wildman–Crippen LogP) is 3.25. The second-order valence-electron chi connectivity index (χ2n) is 3.28. The van der Waals surface area contributed by atoms with Crippen LogP contribution in [0.2, 0.25) is 0 Å². The van der Waals surface area contributed by atoms with Gasteiger partial charge >= 0.3 is 0 Å². The molecular weight excluding hydrogens is 223 g/mol. The van der Waals surface area contributed by atoms with Crippen LogP contribution in [-0.2, 0) is 0 Å². The van der Waals surface area contributed by atoms with Gasteiger partial charge in [-0.05, 0) is 18.3 Å². The van der Waals surface area contributed by atoms with E-state index in [0.29, 0.717) is 0 Å². The molecule has 0 bridgehead atoms. The fourth-order valence-electron chi connectivity index (χ4n) is 1.52. The molecule has 0 aromatic carbocycles. The van der Waals surface area contributed by atoms with Crippen LogP contribution in [-0.4, -0.2) is 3.92 Å². The molecule has 0 aromatic rings. The Hall–Kier alpha value is 0.730. The zero-order valence-electron chi connectivity index (χ0n) is 6.23. The number of rotatable bonds is 0. The van der Waals surface area contributed by atoms with E-state index in [0.717, 1.165) is 15.8 Å². The van der Waals surface area contributed by atoms with Gasteiger partial charge in [-0.1, -0.05) is 49.3 Å². The molecule has 0 amide bonds. The molecule has 1 rings (SSSR count). The molecule has 0 spiro atoms. The van der Waals surface area contributed by atoms with Crippen LogP contribution in [0.3, 0.4) is 0 Å². The van der Waals surface area contributed by atoms with Crippen LogP contribution in [0, 0.1) is 11.8 Å². The van der Waals surface area contributed by atoms with E-state index >= 15 is 0 Å². The molecule has 3 atom stereocenters. The van der Waals surface area contributed by atoms with Gasteiger partial charge in [0.15, 0.2) is 0 Å². The average Bonchev–Trinajstić information content (AvgIpc) is 1.83. The van der Waals surface area contributed by atoms with Crippen molar-refractivity contribution in [1.29, 1.82) is 0 Å². The minimum absolute atomic E-state index is 0.950. The maximum Gasteiger partial charge on any atom is 0.0138 e. The molecule has 1 aliphatic rings. The number of alkyl halides is 1. The molecule has 0 heterocycles. The van der Waals surface area contributed by atoms with E-state index in [1.54, 1.807) is 0 Å². The first-order valence-electron chi connectivity index (χ1n) is 3.86. The molecular formula is C8H15I. The summed E-state index contributed by atoms with van der Waals surface area (Å²) in [5, 5.41) is 0. The number of hydrogen-bond acceptors (Lipinski definition) is 0. The molecule has 0 aromatic heterocycles. The first-order chi connectivity index (χ1) is 4.22. The summed E-state index contributed by atoms with van der Waals surface area (Å²) in [4.78, 5) is 0. The zero-order chi connectivity index (χ0) is 6.85. The minimum Gasteiger partial charge on any atom is -0.0823 e. The lowest BCUT2D eigenvalue weighted by molar-refractivity contribution is 0.295. The molecule has 0 aliphatic heterocycles. The first kappa shape index (κ1) is 7.83. The maximum atomic E-state index is 2.60. The van der Waals surface area contributed by atoms with Crippen LogP contribution < -0.4 is 0 Å². The standard InChI is InChI=1S/C8H15I/c1-6-4-3-5-8(9)7(6)2/h6-8H,3-5H2,1-2H3/t6?,7?,8-/m0/s1. The molecule has 9 heavy (non-hydrogen) atoms. The molecule has 2 unspecified atom stereocenters. The molecule has 1 heteroatoms. The number of halogens is 1. The summed E-state index contributed by atoms with van der Waals surface area (Å²) >= 11 is 2.60. The van der Waals surface area contributed by atoms with Crippen molar-refractivity contribution in [3.8, 4) is 0 Å². The lowest BCUT2D eigenvalue weighted by Crippen LogP contribution is -2.23. The van der Waals surface area contributed by atoms with Crippen LogP contribution in [0.15, 0.2) is 0 Å². The van der Waals surface area contributed by atoms with E-state index in [2.05, 4.69) is 36.4 Å². The highest BCUT2D eigenvalue weighted by atomic mass is 127. The summed E-state index contributed by atoms with van der Waals surface area (Å²) in [7, 11) is 0. The second-order valence-corrected chi connectivity index (χ2v) is 4.88. The van der Waals surface area contributed by atoms with Gasteiger partial charge < -0.3 is 0 Å². The van der Waals surface area contributed by atoms with Crippen molar-refractivity contribution in [2.45, 2.75) is 37.0 Å². The molecule has 0 saturated heterocycles. The Morgan fingerprint density at radius 2 is 1.89 bits per heavy atom. The van der Waals surface area contributed by atoms with Gasteiger partial charge in [0.1, 0.15) is 0 Å². The SMILES string of the molecule is CC1CCC[C@H](I)C1C. The molecule has 1 aliphatic carbocycles. The van der Waals surface area contributed by atoms with Crippen LogP contribution in [0.4, 0.5) is 0 Å². The molecule has 1 fully saturated rings. The van der Waals surface area contributed by atoms with Crippen molar-refractivity contribution in [2.24, 2.45) is 11.8 Å². The van der Waals surface area contributed by atoms with Crippen molar-refractivity contribution < 1.29 is 0 Å². The van der Waals surface area contributed by atoms with E-state index in [1.165, 1.54) is 19.3 Å². The van der Waals surface area contributed by atoms with Crippen molar-refractivity contribution in [3.05, 3.63) is 0 Å². The molecule has 0 N–H and O–H groups in total. The van der Waals surface area contributed by atoms with E-state index in [-0.39, 0.29) is 0 Å². The van der Waals surface area contributed by atoms with Crippen molar-refractivity contribution >= 4 is 22.6 Å². The van der Waals surface area contributed by atoms with E-state index in [4.69, 9.17) is 0 Å². The van der Waals surface area contributed by atoms with E-state index in [1.807, 2.05) is 0 Å². The number of hydrogen-bond donors (Lipinski definition) is 0. The van der Waals surface area contributed by atoms with Gasteiger partial charge in [-0.15, -0.1) is 0 Å². The third-order valence-electron chi connectivity index (χ3n) is 2.61. The minimum atomic E-state index is 0.950. The van der Waals surface area contributed by atoms with E-state index < -0.39 is 0 Å². The normalized spacial score (nSPS) is 45.0. The van der Waals surface area contributed by atoms with Gasteiger partial charge in [-0.25, -0.2) is 0 Å². The first-order valence-corrected chi connectivity index (χ1v) is 5.10. The Balaban J connectivity index is 2.41. The average molecular weight is 238 g/mol. The highest BCUT2D eigenvalue weighted by Gasteiger charge is 2.24. The molecule has 54 valence electrons. The van der Waals surface area contributed by atoms with Gasteiger partial charge in [0.25, 0.3) is 0 Å². The molecule has 1 saturated carbocycles. The summed E-state index contributed by atoms with van der Waals surface area (Å²) in [5.74, 6) is 1.93. The quantitative estimate of drug-likeness (QED) is 0.449. The summed E-state index contributed by atoms with van der Waals surface area (Å²) in [6, 6.07) is 0. The van der Waals surface area contributed by atoms with Crippen LogP contribution in [0.5, 0.6) is 0 Å². The highest BCUT2D eigenvalue weighted by Crippen LogP contribution is 2.33. The van der Waals surface area contributed by atoms with Gasteiger partial charge in [-0.2, -0.15) is 0 Å². The van der Waals surface area contributed by atoms with Crippen LogP contribution >= 0.6 is 22.6 Å². The van der Waals surface area contributed by atoms with E-state index in [9.17, 15) is 0 Å². The van der Waals surface area contributed by atoms with Gasteiger partial charge in [-0.3, -0.25) is 0 Å². The topological polar surface area (TPSA) is 0 Å². The Morgan fingerprint density at radius 3 is 2.33 bits per heavy atom. The zero-order valence-corrected chi connectivity index (χ0v) is 8.39. The fourth-order valence-corrected chi connectivity index (χ4v) is 2.67. The monoisotopic (exact) mass is 238 g/mol. The Bertz CT molecular complexity index is 80.6. The smallest absolute Gasteiger partial charge is 0.0138 e. The lowest BCUT2D eigenvalue weighted by atomic mass is 9.82. The molecule has 0 radical (unpaired) electrons. The Labute approximate surface area is 71.5 Å². The second kappa shape index (κ2) is 3.22.